The van der Waals surface area contributed by atoms with Gasteiger partial charge in [0.05, 0.1) is 5.25 Å². The van der Waals surface area contributed by atoms with E-state index in [1.54, 1.807) is 4.57 Å². The SMILES string of the molecule is CCCCn1c(S[C@H](C)C(=O)Nc2c(C)cccc2C)n[nH]c1=O. The van der Waals surface area contributed by atoms with Crippen LogP contribution in [0.1, 0.15) is 37.8 Å². The first kappa shape index (κ1) is 18.3. The van der Waals surface area contributed by atoms with Crippen molar-refractivity contribution in [1.82, 2.24) is 14.8 Å². The second kappa shape index (κ2) is 8.19. The number of para-hydroxylation sites is 1. The predicted octanol–water partition coefficient (Wildman–Crippen LogP) is 3.11. The van der Waals surface area contributed by atoms with Gasteiger partial charge in [0.2, 0.25) is 5.91 Å². The lowest BCUT2D eigenvalue weighted by molar-refractivity contribution is -0.115. The lowest BCUT2D eigenvalue weighted by Gasteiger charge is -2.15. The molecule has 1 amide bonds. The van der Waals surface area contributed by atoms with Crippen LogP contribution in [0.3, 0.4) is 0 Å². The quantitative estimate of drug-likeness (QED) is 0.754. The number of hydrogen-bond donors (Lipinski definition) is 2. The van der Waals surface area contributed by atoms with Gasteiger partial charge in [0.15, 0.2) is 5.16 Å². The van der Waals surface area contributed by atoms with Gasteiger partial charge in [-0.2, -0.15) is 0 Å². The number of rotatable bonds is 7. The minimum atomic E-state index is -0.361. The first-order valence-corrected chi connectivity index (χ1v) is 9.01. The Bertz CT molecular complexity index is 746. The Labute approximate surface area is 146 Å². The normalized spacial score (nSPS) is 12.2. The first-order chi connectivity index (χ1) is 11.4. The zero-order valence-corrected chi connectivity index (χ0v) is 15.4. The highest BCUT2D eigenvalue weighted by Crippen LogP contribution is 2.24. The molecular formula is C17H24N4O2S. The lowest BCUT2D eigenvalue weighted by atomic mass is 10.1. The van der Waals surface area contributed by atoms with Gasteiger partial charge in [-0.15, -0.1) is 5.10 Å². The largest absolute Gasteiger partial charge is 0.343 e. The van der Waals surface area contributed by atoms with Crippen molar-refractivity contribution in [3.05, 3.63) is 39.8 Å². The summed E-state index contributed by atoms with van der Waals surface area (Å²) in [6.45, 7) is 8.43. The highest BCUT2D eigenvalue weighted by Gasteiger charge is 2.20. The van der Waals surface area contributed by atoms with E-state index in [0.717, 1.165) is 29.7 Å². The Kier molecular flexibility index (Phi) is 6.25. The summed E-state index contributed by atoms with van der Waals surface area (Å²) in [5.41, 5.74) is 2.68. The van der Waals surface area contributed by atoms with Crippen LogP contribution in [0.15, 0.2) is 28.2 Å². The molecule has 2 aromatic rings. The highest BCUT2D eigenvalue weighted by molar-refractivity contribution is 8.00. The number of anilines is 1. The summed E-state index contributed by atoms with van der Waals surface area (Å²) in [4.78, 5) is 24.3. The van der Waals surface area contributed by atoms with Crippen molar-refractivity contribution in [2.24, 2.45) is 0 Å². The fourth-order valence-electron chi connectivity index (χ4n) is 2.35. The van der Waals surface area contributed by atoms with Crippen LogP contribution in [-0.4, -0.2) is 25.9 Å². The summed E-state index contributed by atoms with van der Waals surface area (Å²) in [7, 11) is 0. The third-order valence-corrected chi connectivity index (χ3v) is 4.93. The molecule has 0 unspecified atom stereocenters. The van der Waals surface area contributed by atoms with Crippen LogP contribution < -0.4 is 11.0 Å². The van der Waals surface area contributed by atoms with Crippen molar-refractivity contribution in [3.63, 3.8) is 0 Å². The molecule has 130 valence electrons. The van der Waals surface area contributed by atoms with Gasteiger partial charge in [0.1, 0.15) is 0 Å². The first-order valence-electron chi connectivity index (χ1n) is 8.13. The molecule has 24 heavy (non-hydrogen) atoms. The van der Waals surface area contributed by atoms with Crippen molar-refractivity contribution >= 4 is 23.4 Å². The predicted molar refractivity (Wildman–Crippen MR) is 97.6 cm³/mol. The molecule has 0 aliphatic carbocycles. The number of aromatic amines is 1. The van der Waals surface area contributed by atoms with Crippen molar-refractivity contribution in [2.75, 3.05) is 5.32 Å². The Morgan fingerprint density at radius 3 is 2.67 bits per heavy atom. The van der Waals surface area contributed by atoms with Crippen LogP contribution >= 0.6 is 11.8 Å². The van der Waals surface area contributed by atoms with Crippen LogP contribution in [0, 0.1) is 13.8 Å². The number of aromatic nitrogens is 3. The number of unbranched alkanes of at least 4 members (excludes halogenated alkanes) is 1. The van der Waals surface area contributed by atoms with Crippen LogP contribution in [0.25, 0.3) is 0 Å². The number of hydrogen-bond acceptors (Lipinski definition) is 4. The van der Waals surface area contributed by atoms with E-state index < -0.39 is 0 Å². The Balaban J connectivity index is 2.08. The average molecular weight is 348 g/mol. The number of carbonyl (C=O) groups is 1. The second-order valence-corrected chi connectivity index (χ2v) is 7.14. The summed E-state index contributed by atoms with van der Waals surface area (Å²) < 4.78 is 1.59. The Morgan fingerprint density at radius 2 is 2.04 bits per heavy atom. The van der Waals surface area contributed by atoms with E-state index in [0.29, 0.717) is 11.7 Å². The van der Waals surface area contributed by atoms with E-state index in [2.05, 4.69) is 22.4 Å². The van der Waals surface area contributed by atoms with Crippen molar-refractivity contribution < 1.29 is 4.79 Å². The number of thioether (sulfide) groups is 1. The summed E-state index contributed by atoms with van der Waals surface area (Å²) in [5, 5.41) is 9.68. The smallest absolute Gasteiger partial charge is 0.325 e. The van der Waals surface area contributed by atoms with Crippen molar-refractivity contribution in [1.29, 1.82) is 0 Å². The van der Waals surface area contributed by atoms with Crippen LogP contribution in [0.4, 0.5) is 5.69 Å². The summed E-state index contributed by atoms with van der Waals surface area (Å²) in [6.07, 6.45) is 1.89. The molecule has 1 heterocycles. The third-order valence-electron chi connectivity index (χ3n) is 3.84. The molecule has 1 atom stereocenters. The van der Waals surface area contributed by atoms with Gasteiger partial charge in [0.25, 0.3) is 0 Å². The molecule has 0 spiro atoms. The maximum Gasteiger partial charge on any atom is 0.343 e. The Hall–Kier alpha value is -2.02. The molecular weight excluding hydrogens is 324 g/mol. The van der Waals surface area contributed by atoms with E-state index >= 15 is 0 Å². The minimum Gasteiger partial charge on any atom is -0.325 e. The number of H-pyrrole nitrogens is 1. The molecule has 0 saturated carbocycles. The molecule has 1 aromatic carbocycles. The van der Waals surface area contributed by atoms with E-state index in [1.807, 2.05) is 39.0 Å². The fraction of sp³-hybridized carbons (Fsp3) is 0.471. The number of benzene rings is 1. The van der Waals surface area contributed by atoms with Gasteiger partial charge in [0, 0.05) is 12.2 Å². The molecule has 0 bridgehead atoms. The molecule has 0 saturated heterocycles. The molecule has 7 heteroatoms. The van der Waals surface area contributed by atoms with Crippen LogP contribution in [-0.2, 0) is 11.3 Å². The average Bonchev–Trinajstić information content (AvgIpc) is 2.88. The lowest BCUT2D eigenvalue weighted by Crippen LogP contribution is -2.24. The summed E-state index contributed by atoms with van der Waals surface area (Å²) >= 11 is 1.29. The molecule has 2 rings (SSSR count). The monoisotopic (exact) mass is 348 g/mol. The standard InChI is InChI=1S/C17H24N4O2S/c1-5-6-10-21-16(23)19-20-17(21)24-13(4)15(22)18-14-11(2)8-7-9-12(14)3/h7-9,13H,5-6,10H2,1-4H3,(H,18,22)(H,19,23)/t13-/m1/s1. The number of nitrogens with zero attached hydrogens (tertiary/aromatic N) is 2. The van der Waals surface area contributed by atoms with Gasteiger partial charge in [-0.05, 0) is 38.3 Å². The number of amides is 1. The minimum absolute atomic E-state index is 0.102. The number of carbonyl (C=O) groups excluding carboxylic acids is 1. The number of aryl methyl sites for hydroxylation is 2. The summed E-state index contributed by atoms with van der Waals surface area (Å²) in [6, 6.07) is 5.90. The van der Waals surface area contributed by atoms with Gasteiger partial charge in [-0.3, -0.25) is 9.36 Å². The van der Waals surface area contributed by atoms with E-state index in [9.17, 15) is 9.59 Å². The highest BCUT2D eigenvalue weighted by atomic mass is 32.2. The second-order valence-electron chi connectivity index (χ2n) is 5.83. The summed E-state index contributed by atoms with van der Waals surface area (Å²) in [5.74, 6) is -0.102. The topological polar surface area (TPSA) is 79.8 Å². The third kappa shape index (κ3) is 4.29. The van der Waals surface area contributed by atoms with E-state index in [4.69, 9.17) is 0 Å². The molecule has 6 nitrogen and oxygen atoms in total. The van der Waals surface area contributed by atoms with Crippen molar-refractivity contribution in [3.8, 4) is 0 Å². The van der Waals surface area contributed by atoms with E-state index in [1.165, 1.54) is 11.8 Å². The van der Waals surface area contributed by atoms with Gasteiger partial charge in [-0.25, -0.2) is 9.89 Å². The Morgan fingerprint density at radius 1 is 1.38 bits per heavy atom. The molecule has 0 aliphatic rings. The molecule has 0 radical (unpaired) electrons. The molecule has 0 aliphatic heterocycles. The van der Waals surface area contributed by atoms with Crippen LogP contribution in [0.5, 0.6) is 0 Å². The van der Waals surface area contributed by atoms with Gasteiger partial charge in [-0.1, -0.05) is 43.3 Å². The zero-order valence-electron chi connectivity index (χ0n) is 14.5. The molecule has 0 fully saturated rings. The maximum atomic E-state index is 12.5. The van der Waals surface area contributed by atoms with Crippen molar-refractivity contribution in [2.45, 2.75) is 57.5 Å². The molecule has 2 N–H and O–H groups in total. The maximum absolute atomic E-state index is 12.5. The molecule has 1 aromatic heterocycles. The van der Waals surface area contributed by atoms with Gasteiger partial charge < -0.3 is 5.32 Å². The fourth-order valence-corrected chi connectivity index (χ4v) is 3.24. The van der Waals surface area contributed by atoms with Gasteiger partial charge >= 0.3 is 5.69 Å². The zero-order chi connectivity index (χ0) is 17.7. The van der Waals surface area contributed by atoms with Crippen LogP contribution in [0.2, 0.25) is 0 Å². The number of nitrogens with one attached hydrogen (secondary N) is 2. The van der Waals surface area contributed by atoms with E-state index in [-0.39, 0.29) is 16.8 Å².